The molecule has 2 amide bonds. The molecule has 1 heterocycles. The number of carbonyl (C=O) groups excluding carboxylic acids is 1. The van der Waals surface area contributed by atoms with Gasteiger partial charge in [-0.1, -0.05) is 0 Å². The van der Waals surface area contributed by atoms with Crippen molar-refractivity contribution in [3.8, 4) is 0 Å². The molecule has 1 saturated heterocycles. The second-order valence-corrected chi connectivity index (χ2v) is 4.95. The third kappa shape index (κ3) is 2.58. The molecular weight excluding hydrogens is 236 g/mol. The molecule has 2 N–H and O–H groups in total. The van der Waals surface area contributed by atoms with E-state index in [1.165, 1.54) is 4.90 Å². The summed E-state index contributed by atoms with van der Waals surface area (Å²) in [6, 6.07) is -0.932. The minimum Gasteiger partial charge on any atom is -0.480 e. The van der Waals surface area contributed by atoms with Crippen molar-refractivity contribution >= 4 is 12.0 Å². The molecule has 2 rings (SSSR count). The van der Waals surface area contributed by atoms with Gasteiger partial charge in [-0.05, 0) is 32.1 Å². The molecule has 0 aromatic rings. The van der Waals surface area contributed by atoms with E-state index in [1.54, 1.807) is 7.11 Å². The van der Waals surface area contributed by atoms with Gasteiger partial charge in [0.25, 0.3) is 0 Å². The predicted octanol–water partition coefficient (Wildman–Crippen LogP) is 0.812. The summed E-state index contributed by atoms with van der Waals surface area (Å²) in [5.41, 5.74) is 0. The molecule has 2 aliphatic rings. The zero-order chi connectivity index (χ0) is 13.1. The van der Waals surface area contributed by atoms with Crippen molar-refractivity contribution in [1.29, 1.82) is 0 Å². The first-order valence-corrected chi connectivity index (χ1v) is 6.46. The Balaban J connectivity index is 1.93. The lowest BCUT2D eigenvalue weighted by atomic mass is 10.2. The number of methoxy groups -OCH3 is 1. The van der Waals surface area contributed by atoms with E-state index in [9.17, 15) is 9.59 Å². The van der Waals surface area contributed by atoms with Crippen LogP contribution in [0.1, 0.15) is 32.1 Å². The average molecular weight is 256 g/mol. The van der Waals surface area contributed by atoms with Gasteiger partial charge in [0.15, 0.2) is 0 Å². The monoisotopic (exact) mass is 256 g/mol. The van der Waals surface area contributed by atoms with E-state index in [0.29, 0.717) is 13.0 Å². The second-order valence-electron chi connectivity index (χ2n) is 4.95. The first-order chi connectivity index (χ1) is 8.63. The van der Waals surface area contributed by atoms with Crippen LogP contribution in [0.4, 0.5) is 4.79 Å². The van der Waals surface area contributed by atoms with Crippen LogP contribution in [0.15, 0.2) is 0 Å². The molecule has 0 aromatic carbocycles. The normalized spacial score (nSPS) is 31.6. The maximum Gasteiger partial charge on any atom is 0.326 e. The summed E-state index contributed by atoms with van der Waals surface area (Å²) >= 11 is 0. The number of hydrogen-bond donors (Lipinski definition) is 2. The van der Waals surface area contributed by atoms with Crippen molar-refractivity contribution in [2.24, 2.45) is 0 Å². The first kappa shape index (κ1) is 13.1. The van der Waals surface area contributed by atoms with Gasteiger partial charge >= 0.3 is 12.0 Å². The van der Waals surface area contributed by atoms with Gasteiger partial charge in [0.1, 0.15) is 6.04 Å². The van der Waals surface area contributed by atoms with Gasteiger partial charge in [0, 0.05) is 13.7 Å². The third-order valence-electron chi connectivity index (χ3n) is 3.86. The SMILES string of the molecule is COC1CCCC1NC(=O)N1CCCC1C(=O)O. The van der Waals surface area contributed by atoms with Gasteiger partial charge in [0.05, 0.1) is 12.1 Å². The number of aliphatic carboxylic acids is 1. The number of nitrogens with zero attached hydrogens (tertiary/aromatic N) is 1. The Morgan fingerprint density at radius 3 is 2.72 bits per heavy atom. The van der Waals surface area contributed by atoms with E-state index in [2.05, 4.69) is 5.32 Å². The number of amides is 2. The van der Waals surface area contributed by atoms with Gasteiger partial charge in [-0.2, -0.15) is 0 Å². The lowest BCUT2D eigenvalue weighted by Gasteiger charge is -2.26. The van der Waals surface area contributed by atoms with Crippen molar-refractivity contribution < 1.29 is 19.4 Å². The molecule has 18 heavy (non-hydrogen) atoms. The van der Waals surface area contributed by atoms with Crippen LogP contribution in [-0.4, -0.2) is 53.8 Å². The van der Waals surface area contributed by atoms with E-state index < -0.39 is 12.0 Å². The maximum atomic E-state index is 12.1. The number of nitrogens with one attached hydrogen (secondary N) is 1. The first-order valence-electron chi connectivity index (χ1n) is 6.46. The highest BCUT2D eigenvalue weighted by atomic mass is 16.5. The second kappa shape index (κ2) is 5.56. The number of hydrogen-bond acceptors (Lipinski definition) is 3. The van der Waals surface area contributed by atoms with Gasteiger partial charge in [0.2, 0.25) is 0 Å². The molecule has 2 fully saturated rings. The Labute approximate surface area is 106 Å². The molecule has 3 atom stereocenters. The molecule has 1 saturated carbocycles. The molecule has 1 aliphatic carbocycles. The zero-order valence-corrected chi connectivity index (χ0v) is 10.6. The topological polar surface area (TPSA) is 78.9 Å². The Morgan fingerprint density at radius 1 is 1.28 bits per heavy atom. The Kier molecular flexibility index (Phi) is 4.06. The summed E-state index contributed by atoms with van der Waals surface area (Å²) in [4.78, 5) is 24.5. The summed E-state index contributed by atoms with van der Waals surface area (Å²) in [5, 5.41) is 12.0. The van der Waals surface area contributed by atoms with E-state index in [1.807, 2.05) is 0 Å². The van der Waals surface area contributed by atoms with Crippen LogP contribution < -0.4 is 5.32 Å². The predicted molar refractivity (Wildman–Crippen MR) is 64.3 cm³/mol. The van der Waals surface area contributed by atoms with Crippen molar-refractivity contribution in [1.82, 2.24) is 10.2 Å². The Morgan fingerprint density at radius 2 is 2.06 bits per heavy atom. The van der Waals surface area contributed by atoms with Crippen LogP contribution in [0.3, 0.4) is 0 Å². The minimum absolute atomic E-state index is 0.0116. The van der Waals surface area contributed by atoms with E-state index in [0.717, 1.165) is 25.7 Å². The minimum atomic E-state index is -0.919. The van der Waals surface area contributed by atoms with E-state index in [-0.39, 0.29) is 18.2 Å². The molecule has 6 nitrogen and oxygen atoms in total. The lowest BCUT2D eigenvalue weighted by Crippen LogP contribution is -2.51. The summed E-state index contributed by atoms with van der Waals surface area (Å²) in [6.45, 7) is 0.521. The van der Waals surface area contributed by atoms with Crippen LogP contribution in [0, 0.1) is 0 Å². The zero-order valence-electron chi connectivity index (χ0n) is 10.6. The van der Waals surface area contributed by atoms with Gasteiger partial charge in [-0.3, -0.25) is 0 Å². The fourth-order valence-electron chi connectivity index (χ4n) is 2.88. The quantitative estimate of drug-likeness (QED) is 0.783. The molecule has 3 unspecified atom stereocenters. The fourth-order valence-corrected chi connectivity index (χ4v) is 2.88. The Hall–Kier alpha value is -1.30. The molecule has 102 valence electrons. The van der Waals surface area contributed by atoms with Crippen LogP contribution in [0.25, 0.3) is 0 Å². The number of likely N-dealkylation sites (tertiary alicyclic amines) is 1. The highest BCUT2D eigenvalue weighted by Crippen LogP contribution is 2.23. The van der Waals surface area contributed by atoms with E-state index in [4.69, 9.17) is 9.84 Å². The molecule has 0 aromatic heterocycles. The van der Waals surface area contributed by atoms with Crippen molar-refractivity contribution in [3.63, 3.8) is 0 Å². The van der Waals surface area contributed by atoms with Gasteiger partial charge < -0.3 is 20.1 Å². The van der Waals surface area contributed by atoms with Crippen LogP contribution in [0.5, 0.6) is 0 Å². The highest BCUT2D eigenvalue weighted by Gasteiger charge is 2.36. The molecule has 0 bridgehead atoms. The number of ether oxygens (including phenoxy) is 1. The number of carbonyl (C=O) groups is 2. The van der Waals surface area contributed by atoms with Crippen molar-refractivity contribution in [2.45, 2.75) is 50.3 Å². The summed E-state index contributed by atoms with van der Waals surface area (Å²) in [7, 11) is 1.64. The lowest BCUT2D eigenvalue weighted by molar-refractivity contribution is -0.141. The van der Waals surface area contributed by atoms with Crippen molar-refractivity contribution in [3.05, 3.63) is 0 Å². The van der Waals surface area contributed by atoms with Crippen molar-refractivity contribution in [2.75, 3.05) is 13.7 Å². The summed E-state index contributed by atoms with van der Waals surface area (Å²) in [5.74, 6) is -0.919. The standard InChI is InChI=1S/C12H20N2O4/c1-18-10-6-2-4-8(10)13-12(17)14-7-3-5-9(14)11(15)16/h8-10H,2-7H2,1H3,(H,13,17)(H,15,16). The summed E-state index contributed by atoms with van der Waals surface area (Å²) in [6.07, 6.45) is 4.23. The molecule has 6 heteroatoms. The molecular formula is C12H20N2O4. The number of rotatable bonds is 3. The van der Waals surface area contributed by atoms with Gasteiger partial charge in [-0.25, -0.2) is 9.59 Å². The van der Waals surface area contributed by atoms with E-state index >= 15 is 0 Å². The Bertz CT molecular complexity index is 334. The van der Waals surface area contributed by atoms with Crippen LogP contribution in [0.2, 0.25) is 0 Å². The number of carboxylic acids is 1. The maximum absolute atomic E-state index is 12.1. The highest BCUT2D eigenvalue weighted by molar-refractivity contribution is 5.83. The van der Waals surface area contributed by atoms with Crippen LogP contribution in [-0.2, 0) is 9.53 Å². The number of urea groups is 1. The third-order valence-corrected chi connectivity index (χ3v) is 3.86. The molecule has 0 spiro atoms. The van der Waals surface area contributed by atoms with Crippen LogP contribution >= 0.6 is 0 Å². The number of carboxylic acid groups (broad SMARTS) is 1. The smallest absolute Gasteiger partial charge is 0.326 e. The van der Waals surface area contributed by atoms with Gasteiger partial charge in [-0.15, -0.1) is 0 Å². The molecule has 0 radical (unpaired) electrons. The average Bonchev–Trinajstić information content (AvgIpc) is 2.96. The fraction of sp³-hybridized carbons (Fsp3) is 0.833. The summed E-state index contributed by atoms with van der Waals surface area (Å²) < 4.78 is 5.31. The largest absolute Gasteiger partial charge is 0.480 e. The molecule has 1 aliphatic heterocycles.